The van der Waals surface area contributed by atoms with Gasteiger partial charge in [0.25, 0.3) is 5.69 Å². The second-order valence-corrected chi connectivity index (χ2v) is 6.59. The van der Waals surface area contributed by atoms with Crippen LogP contribution < -0.4 is 15.4 Å². The summed E-state index contributed by atoms with van der Waals surface area (Å²) in [6, 6.07) is 10.7. The minimum Gasteiger partial charge on any atom is -0.492 e. The van der Waals surface area contributed by atoms with Crippen LogP contribution in [0.3, 0.4) is 0 Å². The fraction of sp³-hybridized carbons (Fsp3) is 0.176. The Morgan fingerprint density at radius 3 is 2.70 bits per heavy atom. The highest BCUT2D eigenvalue weighted by Crippen LogP contribution is 2.27. The molecule has 0 spiro atoms. The molecule has 0 aliphatic carbocycles. The molecule has 0 unspecified atom stereocenters. The van der Waals surface area contributed by atoms with Gasteiger partial charge in [0.2, 0.25) is 5.91 Å². The predicted molar refractivity (Wildman–Crippen MR) is 109 cm³/mol. The van der Waals surface area contributed by atoms with Gasteiger partial charge in [0.05, 0.1) is 16.6 Å². The molecule has 2 rings (SSSR count). The summed E-state index contributed by atoms with van der Waals surface area (Å²) in [7, 11) is 0. The number of nitrogens with one attached hydrogen (secondary N) is 2. The molecule has 0 atom stereocenters. The standard InChI is InChI=1S/C17H15Cl2N3O4S/c18-11-6-7-15(14(19)9-11)26-8-2-5-16(23)21-17(27)20-12-3-1-4-13(10-12)22(24)25/h1,3-4,6-7,9-10H,2,5,8H2,(H2,20,21,23,27). The number of hydrogen-bond donors (Lipinski definition) is 2. The number of nitro groups is 1. The van der Waals surface area contributed by atoms with Crippen LogP contribution in [0.4, 0.5) is 11.4 Å². The van der Waals surface area contributed by atoms with Gasteiger partial charge < -0.3 is 15.4 Å². The largest absolute Gasteiger partial charge is 0.492 e. The lowest BCUT2D eigenvalue weighted by Crippen LogP contribution is -2.34. The van der Waals surface area contributed by atoms with E-state index in [0.717, 1.165) is 0 Å². The van der Waals surface area contributed by atoms with E-state index in [-0.39, 0.29) is 23.1 Å². The second-order valence-electron chi connectivity index (χ2n) is 5.34. The summed E-state index contributed by atoms with van der Waals surface area (Å²) in [6.45, 7) is 0.292. The summed E-state index contributed by atoms with van der Waals surface area (Å²) < 4.78 is 5.50. The Labute approximate surface area is 170 Å². The van der Waals surface area contributed by atoms with Gasteiger partial charge in [0.15, 0.2) is 5.11 Å². The molecule has 0 fully saturated rings. The zero-order chi connectivity index (χ0) is 19.8. The number of nitrogens with zero attached hydrogens (tertiary/aromatic N) is 1. The van der Waals surface area contributed by atoms with Crippen molar-refractivity contribution >= 4 is 57.8 Å². The summed E-state index contributed by atoms with van der Waals surface area (Å²) in [5.74, 6) is 0.188. The fourth-order valence-electron chi connectivity index (χ4n) is 2.06. The topological polar surface area (TPSA) is 93.5 Å². The molecule has 0 bridgehead atoms. The molecule has 0 aromatic heterocycles. The first-order valence-electron chi connectivity index (χ1n) is 7.78. The number of ether oxygens (including phenoxy) is 1. The van der Waals surface area contributed by atoms with Crippen molar-refractivity contribution in [3.63, 3.8) is 0 Å². The number of carbonyl (C=O) groups excluding carboxylic acids is 1. The third-order valence-corrected chi connectivity index (χ3v) is 4.00. The van der Waals surface area contributed by atoms with Gasteiger partial charge in [-0.25, -0.2) is 0 Å². The smallest absolute Gasteiger partial charge is 0.271 e. The van der Waals surface area contributed by atoms with E-state index in [1.165, 1.54) is 18.2 Å². The maximum absolute atomic E-state index is 11.9. The maximum Gasteiger partial charge on any atom is 0.271 e. The third-order valence-electron chi connectivity index (χ3n) is 3.27. The lowest BCUT2D eigenvalue weighted by atomic mass is 10.3. The molecule has 2 N–H and O–H groups in total. The molecule has 10 heteroatoms. The molecule has 142 valence electrons. The van der Waals surface area contributed by atoms with Gasteiger partial charge in [-0.05, 0) is 42.9 Å². The number of non-ortho nitro benzene ring substituents is 1. The molecule has 7 nitrogen and oxygen atoms in total. The van der Waals surface area contributed by atoms with E-state index in [1.54, 1.807) is 24.3 Å². The Balaban J connectivity index is 1.72. The van der Waals surface area contributed by atoms with Gasteiger partial charge in [-0.3, -0.25) is 14.9 Å². The van der Waals surface area contributed by atoms with Gasteiger partial charge in [0.1, 0.15) is 5.75 Å². The van der Waals surface area contributed by atoms with Gasteiger partial charge in [-0.15, -0.1) is 0 Å². The summed E-state index contributed by atoms with van der Waals surface area (Å²) in [5.41, 5.74) is 0.336. The van der Waals surface area contributed by atoms with Crippen LogP contribution in [0.25, 0.3) is 0 Å². The van der Waals surface area contributed by atoms with Crippen molar-refractivity contribution in [3.8, 4) is 5.75 Å². The number of halogens is 2. The molecule has 2 aromatic rings. The molecule has 2 aromatic carbocycles. The average Bonchev–Trinajstić information content (AvgIpc) is 2.60. The van der Waals surface area contributed by atoms with E-state index in [4.69, 9.17) is 40.2 Å². The molecule has 0 saturated carbocycles. The predicted octanol–water partition coefficient (Wildman–Crippen LogP) is 4.57. The number of nitro benzene ring substituents is 1. The SMILES string of the molecule is O=C(CCCOc1ccc(Cl)cc1Cl)NC(=S)Nc1cccc([N+](=O)[O-])c1. The average molecular weight is 428 g/mol. The Hall–Kier alpha value is -2.42. The normalized spacial score (nSPS) is 10.1. The quantitative estimate of drug-likeness (QED) is 0.290. The molecular weight excluding hydrogens is 413 g/mol. The van der Waals surface area contributed by atoms with E-state index in [2.05, 4.69) is 10.6 Å². The Bertz CT molecular complexity index is 864. The summed E-state index contributed by atoms with van der Waals surface area (Å²) in [5, 5.41) is 17.0. The first kappa shape index (κ1) is 20.9. The van der Waals surface area contributed by atoms with Crippen LogP contribution in [0.2, 0.25) is 10.0 Å². The lowest BCUT2D eigenvalue weighted by molar-refractivity contribution is -0.384. The van der Waals surface area contributed by atoms with Gasteiger partial charge in [-0.1, -0.05) is 29.3 Å². The van der Waals surface area contributed by atoms with Crippen LogP contribution in [-0.2, 0) is 4.79 Å². The van der Waals surface area contributed by atoms with Crippen LogP contribution in [0.5, 0.6) is 5.75 Å². The number of thiocarbonyl (C=S) groups is 1. The molecule has 0 aliphatic rings. The summed E-state index contributed by atoms with van der Waals surface area (Å²) in [4.78, 5) is 22.1. The Morgan fingerprint density at radius 1 is 1.22 bits per heavy atom. The molecular formula is C17H15Cl2N3O4S. The number of amides is 1. The van der Waals surface area contributed by atoms with Crippen LogP contribution in [0.1, 0.15) is 12.8 Å². The van der Waals surface area contributed by atoms with E-state index in [9.17, 15) is 14.9 Å². The van der Waals surface area contributed by atoms with Gasteiger partial charge in [0, 0.05) is 29.3 Å². The first-order chi connectivity index (χ1) is 12.8. The molecule has 0 saturated heterocycles. The van der Waals surface area contributed by atoms with Crippen LogP contribution in [0.15, 0.2) is 42.5 Å². The highest BCUT2D eigenvalue weighted by Gasteiger charge is 2.09. The van der Waals surface area contributed by atoms with E-state index in [1.807, 2.05) is 0 Å². The summed E-state index contributed by atoms with van der Waals surface area (Å²) >= 11 is 16.8. The number of hydrogen-bond acceptors (Lipinski definition) is 5. The molecule has 0 radical (unpaired) electrons. The van der Waals surface area contributed by atoms with E-state index in [0.29, 0.717) is 34.5 Å². The molecule has 0 aliphatic heterocycles. The lowest BCUT2D eigenvalue weighted by Gasteiger charge is -2.10. The Morgan fingerprint density at radius 2 is 2.00 bits per heavy atom. The fourth-order valence-corrected chi connectivity index (χ4v) is 2.75. The second kappa shape index (κ2) is 10.1. The van der Waals surface area contributed by atoms with Crippen LogP contribution in [-0.4, -0.2) is 22.5 Å². The van der Waals surface area contributed by atoms with Gasteiger partial charge >= 0.3 is 0 Å². The van der Waals surface area contributed by atoms with E-state index < -0.39 is 4.92 Å². The van der Waals surface area contributed by atoms with Gasteiger partial charge in [-0.2, -0.15) is 0 Å². The van der Waals surface area contributed by atoms with Crippen molar-refractivity contribution in [2.45, 2.75) is 12.8 Å². The number of benzene rings is 2. The highest BCUT2D eigenvalue weighted by molar-refractivity contribution is 7.80. The van der Waals surface area contributed by atoms with Crippen molar-refractivity contribution in [1.29, 1.82) is 0 Å². The minimum absolute atomic E-state index is 0.0576. The van der Waals surface area contributed by atoms with Crippen LogP contribution in [0, 0.1) is 10.1 Å². The molecule has 1 amide bonds. The monoisotopic (exact) mass is 427 g/mol. The van der Waals surface area contributed by atoms with Crippen molar-refractivity contribution in [2.75, 3.05) is 11.9 Å². The van der Waals surface area contributed by atoms with Crippen molar-refractivity contribution in [2.24, 2.45) is 0 Å². The van der Waals surface area contributed by atoms with Crippen LogP contribution >= 0.6 is 35.4 Å². The van der Waals surface area contributed by atoms with Crippen molar-refractivity contribution < 1.29 is 14.5 Å². The molecule has 27 heavy (non-hydrogen) atoms. The summed E-state index contributed by atoms with van der Waals surface area (Å²) in [6.07, 6.45) is 0.631. The Kier molecular flexibility index (Phi) is 7.78. The van der Waals surface area contributed by atoms with E-state index >= 15 is 0 Å². The maximum atomic E-state index is 11.9. The zero-order valence-corrected chi connectivity index (χ0v) is 16.2. The first-order valence-corrected chi connectivity index (χ1v) is 8.94. The zero-order valence-electron chi connectivity index (χ0n) is 13.9. The molecule has 0 heterocycles. The number of carbonyl (C=O) groups is 1. The number of rotatable bonds is 7. The third kappa shape index (κ3) is 7.01. The van der Waals surface area contributed by atoms with Crippen molar-refractivity contribution in [1.82, 2.24) is 5.32 Å². The van der Waals surface area contributed by atoms with Crippen molar-refractivity contribution in [3.05, 3.63) is 62.6 Å². The minimum atomic E-state index is -0.514. The number of anilines is 1. The highest BCUT2D eigenvalue weighted by atomic mass is 35.5.